The van der Waals surface area contributed by atoms with Crippen LogP contribution in [0, 0.1) is 5.82 Å². The lowest BCUT2D eigenvalue weighted by atomic mass is 10.1. The van der Waals surface area contributed by atoms with Crippen LogP contribution in [0.25, 0.3) is 10.4 Å². The molecule has 2 rings (SSSR count). The third-order valence-electron chi connectivity index (χ3n) is 2.36. The Bertz CT molecular complexity index is 612. The van der Waals surface area contributed by atoms with Crippen LogP contribution in [0.1, 0.15) is 22.4 Å². The lowest BCUT2D eigenvalue weighted by Gasteiger charge is -2.00. The molecule has 0 bridgehead atoms. The molecule has 18 heavy (non-hydrogen) atoms. The molecule has 0 saturated carbocycles. The van der Waals surface area contributed by atoms with E-state index >= 15 is 0 Å². The van der Waals surface area contributed by atoms with Crippen molar-refractivity contribution in [2.45, 2.75) is 13.3 Å². The molecular weight excluding hydrogens is 321 g/mol. The van der Waals surface area contributed by atoms with Crippen LogP contribution in [0.2, 0.25) is 0 Å². The Hall–Kier alpha value is -1.27. The van der Waals surface area contributed by atoms with Crippen LogP contribution < -0.4 is 0 Å². The number of aromatic carboxylic acids is 1. The van der Waals surface area contributed by atoms with Crippen LogP contribution in [-0.4, -0.2) is 16.1 Å². The fourth-order valence-corrected chi connectivity index (χ4v) is 2.73. The highest BCUT2D eigenvalue weighted by atomic mass is 79.9. The maximum atomic E-state index is 13.5. The minimum atomic E-state index is -1.09. The summed E-state index contributed by atoms with van der Waals surface area (Å²) in [6.07, 6.45) is 0.657. The predicted octanol–water partition coefficient (Wildman–Crippen LogP) is 3.97. The molecule has 0 aliphatic rings. The molecule has 0 radical (unpaired) electrons. The van der Waals surface area contributed by atoms with E-state index in [9.17, 15) is 9.18 Å². The van der Waals surface area contributed by atoms with E-state index in [1.807, 2.05) is 6.92 Å². The van der Waals surface area contributed by atoms with Gasteiger partial charge in [0.1, 0.15) is 5.82 Å². The Morgan fingerprint density at radius 3 is 2.83 bits per heavy atom. The quantitative estimate of drug-likeness (QED) is 0.926. The molecule has 0 atom stereocenters. The zero-order chi connectivity index (χ0) is 13.3. The Labute approximate surface area is 115 Å². The van der Waals surface area contributed by atoms with Crippen molar-refractivity contribution in [3.05, 3.63) is 39.2 Å². The molecule has 1 heterocycles. The number of carbonyl (C=O) groups is 1. The molecule has 0 saturated heterocycles. The summed E-state index contributed by atoms with van der Waals surface area (Å²) in [6.45, 7) is 1.90. The van der Waals surface area contributed by atoms with E-state index in [1.165, 1.54) is 17.4 Å². The number of nitrogens with zero attached hydrogens (tertiary/aromatic N) is 1. The Morgan fingerprint density at radius 2 is 2.28 bits per heavy atom. The van der Waals surface area contributed by atoms with Gasteiger partial charge in [0.15, 0.2) is 5.69 Å². The highest BCUT2D eigenvalue weighted by Gasteiger charge is 2.18. The lowest BCUT2D eigenvalue weighted by molar-refractivity contribution is 0.0692. The summed E-state index contributed by atoms with van der Waals surface area (Å²) in [4.78, 5) is 15.7. The summed E-state index contributed by atoms with van der Waals surface area (Å²) in [5.74, 6) is -1.51. The van der Waals surface area contributed by atoms with E-state index < -0.39 is 11.8 Å². The maximum Gasteiger partial charge on any atom is 0.356 e. The number of hydrogen-bond donors (Lipinski definition) is 1. The molecule has 94 valence electrons. The van der Waals surface area contributed by atoms with Gasteiger partial charge >= 0.3 is 5.97 Å². The van der Waals surface area contributed by atoms with Crippen LogP contribution in [0.4, 0.5) is 4.39 Å². The van der Waals surface area contributed by atoms with Gasteiger partial charge in [0.2, 0.25) is 0 Å². The molecule has 0 spiro atoms. The van der Waals surface area contributed by atoms with E-state index in [0.29, 0.717) is 21.3 Å². The second-order valence-electron chi connectivity index (χ2n) is 3.57. The monoisotopic (exact) mass is 329 g/mol. The van der Waals surface area contributed by atoms with Crippen molar-refractivity contribution in [3.8, 4) is 10.4 Å². The van der Waals surface area contributed by atoms with Gasteiger partial charge in [0, 0.05) is 0 Å². The zero-order valence-corrected chi connectivity index (χ0v) is 11.8. The maximum absolute atomic E-state index is 13.5. The number of halogens is 2. The molecule has 1 aromatic heterocycles. The molecule has 2 aromatic rings. The van der Waals surface area contributed by atoms with E-state index in [-0.39, 0.29) is 5.69 Å². The van der Waals surface area contributed by atoms with Crippen molar-refractivity contribution < 1.29 is 14.3 Å². The standard InChI is InChI=1S/C12H9BrFNO2S/c1-2-9-15-10(12(16)17)11(18-9)6-3-4-7(13)8(14)5-6/h3-5H,2H2,1H3,(H,16,17). The van der Waals surface area contributed by atoms with Gasteiger partial charge < -0.3 is 5.11 Å². The van der Waals surface area contributed by atoms with Crippen LogP contribution in [0.15, 0.2) is 22.7 Å². The third-order valence-corrected chi connectivity index (χ3v) is 4.25. The second-order valence-corrected chi connectivity index (χ2v) is 5.51. The molecule has 1 N–H and O–H groups in total. The molecule has 0 aliphatic heterocycles. The first-order chi connectivity index (χ1) is 8.52. The molecule has 3 nitrogen and oxygen atoms in total. The highest BCUT2D eigenvalue weighted by molar-refractivity contribution is 9.10. The van der Waals surface area contributed by atoms with E-state index in [4.69, 9.17) is 5.11 Å². The molecule has 0 fully saturated rings. The van der Waals surface area contributed by atoms with Gasteiger partial charge in [0.05, 0.1) is 14.4 Å². The molecular formula is C12H9BrFNO2S. The lowest BCUT2D eigenvalue weighted by Crippen LogP contribution is -1.99. The summed E-state index contributed by atoms with van der Waals surface area (Å²) >= 11 is 4.35. The first kappa shape index (κ1) is 13.2. The number of rotatable bonds is 3. The molecule has 0 amide bonds. The van der Waals surface area contributed by atoms with Gasteiger partial charge in [-0.3, -0.25) is 0 Å². The number of thiazole rings is 1. The smallest absolute Gasteiger partial charge is 0.356 e. The molecule has 1 aromatic carbocycles. The SMILES string of the molecule is CCc1nc(C(=O)O)c(-c2ccc(Br)c(F)c2)s1. The van der Waals surface area contributed by atoms with Crippen molar-refractivity contribution in [1.82, 2.24) is 4.98 Å². The highest BCUT2D eigenvalue weighted by Crippen LogP contribution is 2.32. The average molecular weight is 330 g/mol. The average Bonchev–Trinajstić information content (AvgIpc) is 2.77. The number of aromatic nitrogens is 1. The van der Waals surface area contributed by atoms with Gasteiger partial charge in [-0.25, -0.2) is 14.2 Å². The topological polar surface area (TPSA) is 50.2 Å². The molecule has 0 aliphatic carbocycles. The minimum absolute atomic E-state index is 0.0152. The van der Waals surface area contributed by atoms with Gasteiger partial charge in [-0.1, -0.05) is 13.0 Å². The van der Waals surface area contributed by atoms with Crippen molar-refractivity contribution in [2.24, 2.45) is 0 Å². The Morgan fingerprint density at radius 1 is 1.56 bits per heavy atom. The Kier molecular flexibility index (Phi) is 3.77. The summed E-state index contributed by atoms with van der Waals surface area (Å²) in [7, 11) is 0. The summed E-state index contributed by atoms with van der Waals surface area (Å²) in [5, 5.41) is 9.83. The number of carboxylic acid groups (broad SMARTS) is 1. The van der Waals surface area contributed by atoms with Crippen LogP contribution in [0.5, 0.6) is 0 Å². The number of benzene rings is 1. The third kappa shape index (κ3) is 2.44. The van der Waals surface area contributed by atoms with Gasteiger partial charge in [-0.2, -0.15) is 0 Å². The van der Waals surface area contributed by atoms with Gasteiger partial charge in [-0.05, 0) is 40.0 Å². The predicted molar refractivity (Wildman–Crippen MR) is 71.5 cm³/mol. The van der Waals surface area contributed by atoms with Crippen LogP contribution in [-0.2, 0) is 6.42 Å². The Balaban J connectivity index is 2.58. The molecule has 6 heteroatoms. The van der Waals surface area contributed by atoms with Crippen LogP contribution >= 0.6 is 27.3 Å². The molecule has 0 unspecified atom stereocenters. The zero-order valence-electron chi connectivity index (χ0n) is 9.41. The summed E-state index contributed by atoms with van der Waals surface area (Å²) < 4.78 is 13.8. The minimum Gasteiger partial charge on any atom is -0.476 e. The van der Waals surface area contributed by atoms with Crippen LogP contribution in [0.3, 0.4) is 0 Å². The second kappa shape index (κ2) is 5.16. The normalized spacial score (nSPS) is 10.6. The summed E-state index contributed by atoms with van der Waals surface area (Å²) in [6, 6.07) is 4.54. The van der Waals surface area contributed by atoms with Crippen molar-refractivity contribution in [3.63, 3.8) is 0 Å². The van der Waals surface area contributed by atoms with E-state index in [1.54, 1.807) is 12.1 Å². The van der Waals surface area contributed by atoms with Crippen molar-refractivity contribution in [1.29, 1.82) is 0 Å². The van der Waals surface area contributed by atoms with Gasteiger partial charge in [0.25, 0.3) is 0 Å². The number of carboxylic acids is 1. The van der Waals surface area contributed by atoms with Crippen molar-refractivity contribution >= 4 is 33.2 Å². The van der Waals surface area contributed by atoms with E-state index in [2.05, 4.69) is 20.9 Å². The van der Waals surface area contributed by atoms with E-state index in [0.717, 1.165) is 5.01 Å². The fourth-order valence-electron chi connectivity index (χ4n) is 1.49. The summed E-state index contributed by atoms with van der Waals surface area (Å²) in [5.41, 5.74) is 0.517. The first-order valence-electron chi connectivity index (χ1n) is 5.21. The largest absolute Gasteiger partial charge is 0.476 e. The first-order valence-corrected chi connectivity index (χ1v) is 6.82. The fraction of sp³-hybridized carbons (Fsp3) is 0.167. The number of aryl methyl sites for hydroxylation is 1. The van der Waals surface area contributed by atoms with Gasteiger partial charge in [-0.15, -0.1) is 11.3 Å². The number of hydrogen-bond acceptors (Lipinski definition) is 3. The van der Waals surface area contributed by atoms with Crippen molar-refractivity contribution in [2.75, 3.05) is 0 Å².